The van der Waals surface area contributed by atoms with Crippen LogP contribution in [0.2, 0.25) is 0 Å². The highest BCUT2D eigenvalue weighted by Crippen LogP contribution is 1.99. The first-order valence-electron chi connectivity index (χ1n) is 5.24. The summed E-state index contributed by atoms with van der Waals surface area (Å²) >= 11 is 0. The van der Waals surface area contributed by atoms with Gasteiger partial charge in [-0.25, -0.2) is 4.79 Å². The van der Waals surface area contributed by atoms with Crippen LogP contribution in [-0.4, -0.2) is 53.6 Å². The molecule has 15 heavy (non-hydrogen) atoms. The Kier molecular flexibility index (Phi) is 6.49. The Morgan fingerprint density at radius 3 is 2.20 bits per heavy atom. The van der Waals surface area contributed by atoms with Gasteiger partial charge in [0.15, 0.2) is 0 Å². The molecule has 0 saturated carbocycles. The maximum absolute atomic E-state index is 11.7. The molecule has 1 N–H and O–H groups in total. The van der Waals surface area contributed by atoms with Gasteiger partial charge in [0.25, 0.3) is 0 Å². The number of carbonyl (C=O) groups excluding carboxylic acids is 1. The summed E-state index contributed by atoms with van der Waals surface area (Å²) in [5.74, 6) is -0.876. The summed E-state index contributed by atoms with van der Waals surface area (Å²) in [6.07, 6.45) is 0.901. The Labute approximate surface area is 90.7 Å². The lowest BCUT2D eigenvalue weighted by Gasteiger charge is -2.26. The Morgan fingerprint density at radius 1 is 1.20 bits per heavy atom. The van der Waals surface area contributed by atoms with E-state index in [2.05, 4.69) is 0 Å². The SMILES string of the molecule is CCCN(C)C(=O)N(CC)CCC(=O)O. The molecule has 2 amide bonds. The van der Waals surface area contributed by atoms with Crippen LogP contribution in [0.15, 0.2) is 0 Å². The number of rotatable bonds is 6. The maximum atomic E-state index is 11.7. The third kappa shape index (κ3) is 5.24. The van der Waals surface area contributed by atoms with Gasteiger partial charge in [-0.2, -0.15) is 0 Å². The van der Waals surface area contributed by atoms with E-state index in [0.717, 1.165) is 6.42 Å². The fourth-order valence-corrected chi connectivity index (χ4v) is 1.29. The molecule has 0 saturated heterocycles. The van der Waals surface area contributed by atoms with Crippen molar-refractivity contribution >= 4 is 12.0 Å². The molecule has 0 aromatic rings. The lowest BCUT2D eigenvalue weighted by Crippen LogP contribution is -2.42. The molecule has 5 heteroatoms. The van der Waals surface area contributed by atoms with Gasteiger partial charge in [-0.1, -0.05) is 6.92 Å². The van der Waals surface area contributed by atoms with Crippen LogP contribution in [0.5, 0.6) is 0 Å². The van der Waals surface area contributed by atoms with Crippen molar-refractivity contribution in [2.45, 2.75) is 26.7 Å². The zero-order chi connectivity index (χ0) is 11.8. The summed E-state index contributed by atoms with van der Waals surface area (Å²) in [5, 5.41) is 8.53. The molecular weight excluding hydrogens is 196 g/mol. The van der Waals surface area contributed by atoms with Gasteiger partial charge in [0.05, 0.1) is 6.42 Å². The van der Waals surface area contributed by atoms with E-state index in [4.69, 9.17) is 5.11 Å². The number of carboxylic acid groups (broad SMARTS) is 1. The van der Waals surface area contributed by atoms with Crippen LogP contribution in [0.3, 0.4) is 0 Å². The minimum atomic E-state index is -0.876. The molecule has 0 heterocycles. The zero-order valence-corrected chi connectivity index (χ0v) is 9.69. The second-order valence-electron chi connectivity index (χ2n) is 3.43. The molecule has 88 valence electrons. The van der Waals surface area contributed by atoms with E-state index >= 15 is 0 Å². The van der Waals surface area contributed by atoms with Crippen molar-refractivity contribution in [2.24, 2.45) is 0 Å². The monoisotopic (exact) mass is 216 g/mol. The molecule has 5 nitrogen and oxygen atoms in total. The average Bonchev–Trinajstić information content (AvgIpc) is 2.18. The molecule has 0 rings (SSSR count). The number of carboxylic acids is 1. The van der Waals surface area contributed by atoms with Gasteiger partial charge in [0.2, 0.25) is 0 Å². The van der Waals surface area contributed by atoms with Crippen molar-refractivity contribution in [1.82, 2.24) is 9.80 Å². The van der Waals surface area contributed by atoms with E-state index in [-0.39, 0.29) is 19.0 Å². The highest BCUT2D eigenvalue weighted by Gasteiger charge is 2.16. The fraction of sp³-hybridized carbons (Fsp3) is 0.800. The minimum absolute atomic E-state index is 0.000451. The van der Waals surface area contributed by atoms with Crippen LogP contribution >= 0.6 is 0 Å². The second-order valence-corrected chi connectivity index (χ2v) is 3.43. The van der Waals surface area contributed by atoms with Crippen LogP contribution in [0, 0.1) is 0 Å². The zero-order valence-electron chi connectivity index (χ0n) is 9.69. The van der Waals surface area contributed by atoms with Gasteiger partial charge in [-0.15, -0.1) is 0 Å². The molecule has 0 atom stereocenters. The van der Waals surface area contributed by atoms with Crippen LogP contribution in [0.4, 0.5) is 4.79 Å². The molecule has 0 aliphatic rings. The highest BCUT2D eigenvalue weighted by atomic mass is 16.4. The molecule has 0 aromatic heterocycles. The molecular formula is C10H20N2O3. The van der Waals surface area contributed by atoms with Crippen molar-refractivity contribution in [2.75, 3.05) is 26.7 Å². The Morgan fingerprint density at radius 2 is 1.80 bits per heavy atom. The number of hydrogen-bond acceptors (Lipinski definition) is 2. The summed E-state index contributed by atoms with van der Waals surface area (Å²) in [5.41, 5.74) is 0. The van der Waals surface area contributed by atoms with Crippen LogP contribution in [0.25, 0.3) is 0 Å². The largest absolute Gasteiger partial charge is 0.481 e. The van der Waals surface area contributed by atoms with Crippen LogP contribution in [-0.2, 0) is 4.79 Å². The number of carbonyl (C=O) groups is 2. The summed E-state index contributed by atoms with van der Waals surface area (Å²) in [6.45, 7) is 5.36. The first-order chi connectivity index (χ1) is 7.02. The molecule has 0 aliphatic heterocycles. The molecule has 0 bridgehead atoms. The number of nitrogens with zero attached hydrogens (tertiary/aromatic N) is 2. The first-order valence-corrected chi connectivity index (χ1v) is 5.24. The van der Waals surface area contributed by atoms with Crippen molar-refractivity contribution < 1.29 is 14.7 Å². The maximum Gasteiger partial charge on any atom is 0.319 e. The van der Waals surface area contributed by atoms with E-state index < -0.39 is 5.97 Å². The van der Waals surface area contributed by atoms with Gasteiger partial charge in [-0.05, 0) is 13.3 Å². The van der Waals surface area contributed by atoms with Crippen LogP contribution in [0.1, 0.15) is 26.7 Å². The van der Waals surface area contributed by atoms with Crippen molar-refractivity contribution in [3.63, 3.8) is 0 Å². The van der Waals surface area contributed by atoms with Crippen molar-refractivity contribution in [1.29, 1.82) is 0 Å². The smallest absolute Gasteiger partial charge is 0.319 e. The number of amides is 2. The summed E-state index contributed by atoms with van der Waals surface area (Å²) in [6, 6.07) is -0.0967. The quantitative estimate of drug-likeness (QED) is 0.726. The summed E-state index contributed by atoms with van der Waals surface area (Å²) in [4.78, 5) is 25.3. The molecule has 0 aromatic carbocycles. The predicted octanol–water partition coefficient (Wildman–Crippen LogP) is 1.24. The Balaban J connectivity index is 4.14. The summed E-state index contributed by atoms with van der Waals surface area (Å²) < 4.78 is 0. The van der Waals surface area contributed by atoms with E-state index in [9.17, 15) is 9.59 Å². The van der Waals surface area contributed by atoms with E-state index in [1.807, 2.05) is 13.8 Å². The van der Waals surface area contributed by atoms with Crippen molar-refractivity contribution in [3.05, 3.63) is 0 Å². The van der Waals surface area contributed by atoms with Gasteiger partial charge in [0, 0.05) is 26.7 Å². The van der Waals surface area contributed by atoms with Gasteiger partial charge in [-0.3, -0.25) is 4.79 Å². The Hall–Kier alpha value is -1.26. The van der Waals surface area contributed by atoms with Gasteiger partial charge >= 0.3 is 12.0 Å². The first kappa shape index (κ1) is 13.7. The average molecular weight is 216 g/mol. The number of hydrogen-bond donors (Lipinski definition) is 1. The van der Waals surface area contributed by atoms with Crippen molar-refractivity contribution in [3.8, 4) is 0 Å². The lowest BCUT2D eigenvalue weighted by molar-refractivity contribution is -0.137. The normalized spacial score (nSPS) is 9.80. The molecule has 0 radical (unpaired) electrons. The summed E-state index contributed by atoms with van der Waals surface area (Å²) in [7, 11) is 1.73. The number of urea groups is 1. The second kappa shape index (κ2) is 7.09. The number of aliphatic carboxylic acids is 1. The van der Waals surface area contributed by atoms with Crippen LogP contribution < -0.4 is 0 Å². The minimum Gasteiger partial charge on any atom is -0.481 e. The van der Waals surface area contributed by atoms with Gasteiger partial charge < -0.3 is 14.9 Å². The van der Waals surface area contributed by atoms with Gasteiger partial charge in [0.1, 0.15) is 0 Å². The third-order valence-electron chi connectivity index (χ3n) is 2.13. The molecule has 0 aliphatic carbocycles. The standard InChI is InChI=1S/C10H20N2O3/c1-4-7-11(3)10(15)12(5-2)8-6-9(13)14/h4-8H2,1-3H3,(H,13,14). The molecule has 0 unspecified atom stereocenters. The predicted molar refractivity (Wildman–Crippen MR) is 57.8 cm³/mol. The van der Waals surface area contributed by atoms with E-state index in [0.29, 0.717) is 13.1 Å². The lowest BCUT2D eigenvalue weighted by atomic mass is 10.4. The highest BCUT2D eigenvalue weighted by molar-refractivity contribution is 5.75. The topological polar surface area (TPSA) is 60.9 Å². The van der Waals surface area contributed by atoms with E-state index in [1.54, 1.807) is 16.8 Å². The molecule has 0 fully saturated rings. The third-order valence-corrected chi connectivity index (χ3v) is 2.13. The Bertz CT molecular complexity index is 219. The van der Waals surface area contributed by atoms with E-state index in [1.165, 1.54) is 0 Å². The fourth-order valence-electron chi connectivity index (χ4n) is 1.29. The molecule has 0 spiro atoms.